The van der Waals surface area contributed by atoms with Gasteiger partial charge in [0.05, 0.1) is 6.20 Å². The van der Waals surface area contributed by atoms with Crippen LogP contribution < -0.4 is 14.8 Å². The lowest BCUT2D eigenvalue weighted by atomic mass is 10.1. The summed E-state index contributed by atoms with van der Waals surface area (Å²) >= 11 is 1.43. The molecule has 7 nitrogen and oxygen atoms in total. The van der Waals surface area contributed by atoms with E-state index in [1.54, 1.807) is 16.3 Å². The summed E-state index contributed by atoms with van der Waals surface area (Å²) in [5, 5.41) is 9.56. The predicted molar refractivity (Wildman–Crippen MR) is 92.9 cm³/mol. The van der Waals surface area contributed by atoms with Crippen molar-refractivity contribution < 1.29 is 14.3 Å². The van der Waals surface area contributed by atoms with Crippen molar-refractivity contribution in [1.82, 2.24) is 20.1 Å². The van der Waals surface area contributed by atoms with Crippen molar-refractivity contribution in [3.05, 3.63) is 47.2 Å². The zero-order valence-electron chi connectivity index (χ0n) is 13.6. The minimum Gasteiger partial charge on any atom is -0.454 e. The van der Waals surface area contributed by atoms with Crippen LogP contribution in [0.15, 0.2) is 36.0 Å². The molecule has 128 valence electrons. The van der Waals surface area contributed by atoms with Crippen LogP contribution in [0.5, 0.6) is 11.5 Å². The number of nitrogens with zero attached hydrogens (tertiary/aromatic N) is 3. The highest BCUT2D eigenvalue weighted by atomic mass is 32.1. The molecule has 1 aliphatic heterocycles. The fraction of sp³-hybridized carbons (Fsp3) is 0.235. The number of thiazole rings is 1. The Kier molecular flexibility index (Phi) is 4.10. The molecule has 1 N–H and O–H groups in total. The molecular formula is C17H16N4O3S. The van der Waals surface area contributed by atoms with E-state index < -0.39 is 0 Å². The van der Waals surface area contributed by atoms with Crippen LogP contribution in [0.2, 0.25) is 0 Å². The maximum atomic E-state index is 12.2. The highest BCUT2D eigenvalue weighted by Crippen LogP contribution is 2.32. The lowest BCUT2D eigenvalue weighted by Crippen LogP contribution is -2.25. The standard InChI is InChI=1S/C17H16N4O3S/c1-21-8-12(7-19-21)17-20-13(9-25-17)16(22)18-5-4-11-2-3-14-15(6-11)24-10-23-14/h2-3,6-9H,4-5,10H2,1H3,(H,18,22). The van der Waals surface area contributed by atoms with E-state index in [-0.39, 0.29) is 12.7 Å². The summed E-state index contributed by atoms with van der Waals surface area (Å²) in [6, 6.07) is 5.81. The highest BCUT2D eigenvalue weighted by molar-refractivity contribution is 7.13. The van der Waals surface area contributed by atoms with E-state index in [1.165, 1.54) is 11.3 Å². The first-order chi connectivity index (χ1) is 12.2. The van der Waals surface area contributed by atoms with E-state index in [0.29, 0.717) is 18.7 Å². The fourth-order valence-electron chi connectivity index (χ4n) is 2.55. The third-order valence-corrected chi connectivity index (χ3v) is 4.72. The average Bonchev–Trinajstić information content (AvgIpc) is 3.34. The molecular weight excluding hydrogens is 340 g/mol. The van der Waals surface area contributed by atoms with Crippen LogP contribution in [0.1, 0.15) is 16.1 Å². The monoisotopic (exact) mass is 356 g/mol. The second-order valence-electron chi connectivity index (χ2n) is 5.63. The average molecular weight is 356 g/mol. The fourth-order valence-corrected chi connectivity index (χ4v) is 3.33. The van der Waals surface area contributed by atoms with Gasteiger partial charge >= 0.3 is 0 Å². The zero-order chi connectivity index (χ0) is 17.2. The van der Waals surface area contributed by atoms with E-state index in [2.05, 4.69) is 15.4 Å². The number of carbonyl (C=O) groups is 1. The third-order valence-electron chi connectivity index (χ3n) is 3.82. The first kappa shape index (κ1) is 15.6. The number of benzene rings is 1. The Hall–Kier alpha value is -2.87. The number of ether oxygens (including phenoxy) is 2. The summed E-state index contributed by atoms with van der Waals surface area (Å²) < 4.78 is 12.4. The van der Waals surface area contributed by atoms with Crippen LogP contribution in [-0.2, 0) is 13.5 Å². The van der Waals surface area contributed by atoms with Gasteiger partial charge in [0.1, 0.15) is 10.7 Å². The van der Waals surface area contributed by atoms with Crippen LogP contribution in [-0.4, -0.2) is 34.0 Å². The number of carbonyl (C=O) groups excluding carboxylic acids is 1. The third kappa shape index (κ3) is 3.34. The van der Waals surface area contributed by atoms with Crippen molar-refractivity contribution >= 4 is 17.2 Å². The molecule has 0 radical (unpaired) electrons. The lowest BCUT2D eigenvalue weighted by Gasteiger charge is -2.04. The molecule has 4 rings (SSSR count). The molecule has 2 aromatic heterocycles. The second-order valence-corrected chi connectivity index (χ2v) is 6.49. The smallest absolute Gasteiger partial charge is 0.270 e. The van der Waals surface area contributed by atoms with E-state index in [9.17, 15) is 4.79 Å². The second kappa shape index (κ2) is 6.56. The van der Waals surface area contributed by atoms with E-state index >= 15 is 0 Å². The molecule has 25 heavy (non-hydrogen) atoms. The molecule has 8 heteroatoms. The highest BCUT2D eigenvalue weighted by Gasteiger charge is 2.14. The molecule has 0 fully saturated rings. The van der Waals surface area contributed by atoms with Gasteiger partial charge in [-0.15, -0.1) is 11.3 Å². The number of rotatable bonds is 5. The molecule has 0 aliphatic carbocycles. The molecule has 1 amide bonds. The van der Waals surface area contributed by atoms with Gasteiger partial charge in [0.15, 0.2) is 11.5 Å². The molecule has 1 aromatic carbocycles. The van der Waals surface area contributed by atoms with Gasteiger partial charge in [0, 0.05) is 30.7 Å². The molecule has 3 heterocycles. The summed E-state index contributed by atoms with van der Waals surface area (Å²) in [7, 11) is 1.85. The molecule has 0 bridgehead atoms. The number of hydrogen-bond acceptors (Lipinski definition) is 6. The quantitative estimate of drug-likeness (QED) is 0.759. The van der Waals surface area contributed by atoms with E-state index in [0.717, 1.165) is 27.6 Å². The van der Waals surface area contributed by atoms with Gasteiger partial charge in [-0.1, -0.05) is 6.07 Å². The molecule has 0 unspecified atom stereocenters. The minimum atomic E-state index is -0.174. The number of aryl methyl sites for hydroxylation is 1. The summed E-state index contributed by atoms with van der Waals surface area (Å²) in [6.45, 7) is 0.789. The van der Waals surface area contributed by atoms with Crippen molar-refractivity contribution in [3.63, 3.8) is 0 Å². The normalized spacial score (nSPS) is 12.4. The summed E-state index contributed by atoms with van der Waals surface area (Å²) in [5.41, 5.74) is 2.42. The minimum absolute atomic E-state index is 0.174. The van der Waals surface area contributed by atoms with Gasteiger partial charge in [-0.05, 0) is 24.1 Å². The van der Waals surface area contributed by atoms with E-state index in [1.807, 2.05) is 31.4 Å². The van der Waals surface area contributed by atoms with Crippen molar-refractivity contribution in [2.24, 2.45) is 7.05 Å². The maximum Gasteiger partial charge on any atom is 0.270 e. The molecule has 0 atom stereocenters. The SMILES string of the molecule is Cn1cc(-c2nc(C(=O)NCCc3ccc4c(c3)OCO4)cs2)cn1. The number of nitrogens with one attached hydrogen (secondary N) is 1. The predicted octanol–water partition coefficient (Wildman–Crippen LogP) is 2.24. The number of fused-ring (bicyclic) bond motifs is 1. The number of aromatic nitrogens is 3. The van der Waals surface area contributed by atoms with Crippen molar-refractivity contribution in [1.29, 1.82) is 0 Å². The first-order valence-corrected chi connectivity index (χ1v) is 8.68. The number of amides is 1. The van der Waals surface area contributed by atoms with Crippen LogP contribution >= 0.6 is 11.3 Å². The van der Waals surface area contributed by atoms with E-state index in [4.69, 9.17) is 9.47 Å². The van der Waals surface area contributed by atoms with Gasteiger partial charge in [-0.2, -0.15) is 5.10 Å². The summed E-state index contributed by atoms with van der Waals surface area (Å²) in [6.07, 6.45) is 4.32. The topological polar surface area (TPSA) is 78.3 Å². The van der Waals surface area contributed by atoms with Crippen LogP contribution in [0.3, 0.4) is 0 Å². The Labute approximate surface area is 148 Å². The lowest BCUT2D eigenvalue weighted by molar-refractivity contribution is 0.0950. The molecule has 1 aliphatic rings. The van der Waals surface area contributed by atoms with Crippen LogP contribution in [0, 0.1) is 0 Å². The van der Waals surface area contributed by atoms with Gasteiger partial charge in [-0.25, -0.2) is 4.98 Å². The maximum absolute atomic E-state index is 12.2. The Bertz CT molecular complexity index is 918. The zero-order valence-corrected chi connectivity index (χ0v) is 14.4. The van der Waals surface area contributed by atoms with Gasteiger partial charge in [0.25, 0.3) is 5.91 Å². The van der Waals surface area contributed by atoms with Crippen molar-refractivity contribution in [2.75, 3.05) is 13.3 Å². The van der Waals surface area contributed by atoms with Gasteiger partial charge < -0.3 is 14.8 Å². The molecule has 3 aromatic rings. The molecule has 0 spiro atoms. The summed E-state index contributed by atoms with van der Waals surface area (Å²) in [5.74, 6) is 1.34. The number of hydrogen-bond donors (Lipinski definition) is 1. The largest absolute Gasteiger partial charge is 0.454 e. The Morgan fingerprint density at radius 3 is 3.08 bits per heavy atom. The Morgan fingerprint density at radius 1 is 1.36 bits per heavy atom. The van der Waals surface area contributed by atoms with Crippen molar-refractivity contribution in [2.45, 2.75) is 6.42 Å². The molecule has 0 saturated heterocycles. The van der Waals surface area contributed by atoms with Gasteiger partial charge in [0.2, 0.25) is 6.79 Å². The van der Waals surface area contributed by atoms with Gasteiger partial charge in [-0.3, -0.25) is 9.48 Å². The molecule has 0 saturated carbocycles. The Morgan fingerprint density at radius 2 is 2.24 bits per heavy atom. The Balaban J connectivity index is 1.34. The summed E-state index contributed by atoms with van der Waals surface area (Å²) in [4.78, 5) is 16.6. The van der Waals surface area contributed by atoms with Crippen molar-refractivity contribution in [3.8, 4) is 22.1 Å². The first-order valence-electron chi connectivity index (χ1n) is 7.80. The van der Waals surface area contributed by atoms with Crippen LogP contribution in [0.25, 0.3) is 10.6 Å². The van der Waals surface area contributed by atoms with Crippen LogP contribution in [0.4, 0.5) is 0 Å².